The lowest BCUT2D eigenvalue weighted by atomic mass is 10.1. The van der Waals surface area contributed by atoms with Gasteiger partial charge in [0.25, 0.3) is 0 Å². The van der Waals surface area contributed by atoms with Gasteiger partial charge in [-0.05, 0) is 30.7 Å². The summed E-state index contributed by atoms with van der Waals surface area (Å²) in [7, 11) is 0. The number of aromatic nitrogens is 1. The van der Waals surface area contributed by atoms with Crippen molar-refractivity contribution >= 4 is 10.9 Å². The van der Waals surface area contributed by atoms with Crippen LogP contribution in [0.5, 0.6) is 0 Å². The van der Waals surface area contributed by atoms with Gasteiger partial charge in [0.15, 0.2) is 0 Å². The molecule has 0 spiro atoms. The van der Waals surface area contributed by atoms with Crippen molar-refractivity contribution in [2.24, 2.45) is 5.73 Å². The predicted molar refractivity (Wildman–Crippen MR) is 56.1 cm³/mol. The number of nitrogens with two attached hydrogens (primary N) is 1. The molecule has 0 atom stereocenters. The minimum atomic E-state index is 0.679. The molecular weight excluding hydrogens is 176 g/mol. The van der Waals surface area contributed by atoms with Gasteiger partial charge in [0.05, 0.1) is 0 Å². The molecule has 1 heterocycles. The van der Waals surface area contributed by atoms with Gasteiger partial charge in [0.2, 0.25) is 0 Å². The smallest absolute Gasteiger partial charge is 0.144 e. The fourth-order valence-corrected chi connectivity index (χ4v) is 1.62. The Balaban J connectivity index is 2.50. The fourth-order valence-electron chi connectivity index (χ4n) is 1.62. The second-order valence-corrected chi connectivity index (χ2v) is 3.35. The molecule has 1 aromatic carbocycles. The molecule has 2 N–H and O–H groups in total. The predicted octanol–water partition coefficient (Wildman–Crippen LogP) is 1.89. The van der Waals surface area contributed by atoms with Crippen LogP contribution < -0.4 is 5.73 Å². The molecule has 0 bridgehead atoms. The molecule has 3 nitrogen and oxygen atoms in total. The fraction of sp³-hybridized carbons (Fsp3) is 0.364. The Bertz CT molecular complexity index is 434. The maximum Gasteiger partial charge on any atom is 0.144 e. The van der Waals surface area contributed by atoms with Crippen molar-refractivity contribution < 1.29 is 4.52 Å². The van der Waals surface area contributed by atoms with E-state index in [1.165, 1.54) is 5.56 Å². The number of rotatable bonds is 3. The first-order valence-corrected chi connectivity index (χ1v) is 4.92. The highest BCUT2D eigenvalue weighted by Crippen LogP contribution is 2.20. The largest absolute Gasteiger partial charge is 0.360 e. The van der Waals surface area contributed by atoms with E-state index in [1.54, 1.807) is 0 Å². The van der Waals surface area contributed by atoms with Crippen molar-refractivity contribution in [3.63, 3.8) is 0 Å². The van der Waals surface area contributed by atoms with Crippen molar-refractivity contribution in [2.45, 2.75) is 19.8 Å². The Kier molecular flexibility index (Phi) is 2.50. The maximum absolute atomic E-state index is 5.51. The third kappa shape index (κ3) is 1.51. The van der Waals surface area contributed by atoms with Gasteiger partial charge < -0.3 is 10.3 Å². The summed E-state index contributed by atoms with van der Waals surface area (Å²) in [6.45, 7) is 2.74. The average molecular weight is 190 g/mol. The van der Waals surface area contributed by atoms with Gasteiger partial charge in [-0.3, -0.25) is 0 Å². The zero-order valence-corrected chi connectivity index (χ0v) is 8.29. The molecule has 0 aliphatic carbocycles. The summed E-state index contributed by atoms with van der Waals surface area (Å²) in [5.41, 5.74) is 7.69. The molecule has 0 unspecified atom stereocenters. The Morgan fingerprint density at radius 2 is 2.29 bits per heavy atom. The summed E-state index contributed by atoms with van der Waals surface area (Å²) in [4.78, 5) is 0. The topological polar surface area (TPSA) is 52.0 Å². The van der Waals surface area contributed by atoms with E-state index in [2.05, 4.69) is 24.2 Å². The number of fused-ring (bicyclic) bond motifs is 1. The second kappa shape index (κ2) is 3.80. The highest BCUT2D eigenvalue weighted by atomic mass is 16.5. The van der Waals surface area contributed by atoms with Crippen molar-refractivity contribution in [2.75, 3.05) is 6.54 Å². The Labute approximate surface area is 82.9 Å². The van der Waals surface area contributed by atoms with E-state index in [-0.39, 0.29) is 0 Å². The normalized spacial score (nSPS) is 11.0. The molecule has 0 aliphatic heterocycles. The summed E-state index contributed by atoms with van der Waals surface area (Å²) >= 11 is 0. The molecular formula is C11H14N2O. The summed E-state index contributed by atoms with van der Waals surface area (Å²) in [5.74, 6) is 0.957. The quantitative estimate of drug-likeness (QED) is 0.804. The number of benzene rings is 1. The molecule has 0 saturated heterocycles. The molecule has 0 radical (unpaired) electrons. The molecule has 14 heavy (non-hydrogen) atoms. The molecule has 74 valence electrons. The summed E-state index contributed by atoms with van der Waals surface area (Å²) in [6, 6.07) is 6.16. The van der Waals surface area contributed by atoms with E-state index < -0.39 is 0 Å². The molecule has 0 saturated carbocycles. The summed E-state index contributed by atoms with van der Waals surface area (Å²) < 4.78 is 5.22. The van der Waals surface area contributed by atoms with E-state index in [9.17, 15) is 0 Å². The second-order valence-electron chi connectivity index (χ2n) is 3.35. The third-order valence-corrected chi connectivity index (χ3v) is 2.37. The van der Waals surface area contributed by atoms with Gasteiger partial charge in [-0.1, -0.05) is 18.1 Å². The standard InChI is InChI=1S/C11H14N2O/c1-2-11-9-7-8(5-6-12)3-4-10(9)13-14-11/h3-4,7H,2,5-6,12H2,1H3. The van der Waals surface area contributed by atoms with Crippen LogP contribution in [-0.4, -0.2) is 11.7 Å². The molecule has 1 aromatic heterocycles. The summed E-state index contributed by atoms with van der Waals surface area (Å²) in [5, 5.41) is 5.11. The first-order chi connectivity index (χ1) is 6.85. The van der Waals surface area contributed by atoms with Gasteiger partial charge in [-0.15, -0.1) is 0 Å². The molecule has 3 heteroatoms. The average Bonchev–Trinajstić information content (AvgIpc) is 2.60. The van der Waals surface area contributed by atoms with Gasteiger partial charge in [-0.25, -0.2) is 0 Å². The van der Waals surface area contributed by atoms with Crippen LogP contribution in [0.1, 0.15) is 18.2 Å². The van der Waals surface area contributed by atoms with Crippen LogP contribution >= 0.6 is 0 Å². The van der Waals surface area contributed by atoms with E-state index >= 15 is 0 Å². The zero-order chi connectivity index (χ0) is 9.97. The van der Waals surface area contributed by atoms with Crippen LogP contribution in [0.4, 0.5) is 0 Å². The molecule has 2 rings (SSSR count). The Hall–Kier alpha value is -1.35. The molecule has 0 amide bonds. The van der Waals surface area contributed by atoms with Crippen molar-refractivity contribution in [3.05, 3.63) is 29.5 Å². The van der Waals surface area contributed by atoms with Gasteiger partial charge >= 0.3 is 0 Å². The van der Waals surface area contributed by atoms with Crippen molar-refractivity contribution in [1.82, 2.24) is 5.16 Å². The van der Waals surface area contributed by atoms with Gasteiger partial charge in [-0.2, -0.15) is 0 Å². The number of aryl methyl sites for hydroxylation is 1. The SMILES string of the molecule is CCc1onc2ccc(CCN)cc12. The van der Waals surface area contributed by atoms with Crippen LogP contribution in [0.3, 0.4) is 0 Å². The lowest BCUT2D eigenvalue weighted by molar-refractivity contribution is 0.395. The lowest BCUT2D eigenvalue weighted by Crippen LogP contribution is -2.02. The number of nitrogens with zero attached hydrogens (tertiary/aromatic N) is 1. The maximum atomic E-state index is 5.51. The molecule has 0 aliphatic rings. The minimum absolute atomic E-state index is 0.679. The monoisotopic (exact) mass is 190 g/mol. The molecule has 0 fully saturated rings. The highest BCUT2D eigenvalue weighted by molar-refractivity contribution is 5.81. The van der Waals surface area contributed by atoms with Crippen LogP contribution in [-0.2, 0) is 12.8 Å². The Morgan fingerprint density at radius 1 is 1.43 bits per heavy atom. The molecule has 2 aromatic rings. The van der Waals surface area contributed by atoms with E-state index in [0.29, 0.717) is 6.54 Å². The third-order valence-electron chi connectivity index (χ3n) is 2.37. The van der Waals surface area contributed by atoms with Crippen molar-refractivity contribution in [3.8, 4) is 0 Å². The van der Waals surface area contributed by atoms with E-state index in [1.807, 2.05) is 6.07 Å². The van der Waals surface area contributed by atoms with E-state index in [4.69, 9.17) is 10.3 Å². The van der Waals surface area contributed by atoms with Crippen LogP contribution in [0.25, 0.3) is 10.9 Å². The van der Waals surface area contributed by atoms with Crippen molar-refractivity contribution in [1.29, 1.82) is 0 Å². The number of hydrogen-bond acceptors (Lipinski definition) is 3. The Morgan fingerprint density at radius 3 is 3.00 bits per heavy atom. The van der Waals surface area contributed by atoms with E-state index in [0.717, 1.165) is 29.5 Å². The lowest BCUT2D eigenvalue weighted by Gasteiger charge is -1.97. The van der Waals surface area contributed by atoms with Crippen LogP contribution in [0.2, 0.25) is 0 Å². The minimum Gasteiger partial charge on any atom is -0.360 e. The van der Waals surface area contributed by atoms with Crippen LogP contribution in [0.15, 0.2) is 22.7 Å². The zero-order valence-electron chi connectivity index (χ0n) is 8.29. The van der Waals surface area contributed by atoms with Crippen LogP contribution in [0, 0.1) is 0 Å². The number of hydrogen-bond donors (Lipinski definition) is 1. The highest BCUT2D eigenvalue weighted by Gasteiger charge is 2.06. The van der Waals surface area contributed by atoms with Gasteiger partial charge in [0, 0.05) is 11.8 Å². The first-order valence-electron chi connectivity index (χ1n) is 4.92. The summed E-state index contributed by atoms with van der Waals surface area (Å²) in [6.07, 6.45) is 1.78. The van der Waals surface area contributed by atoms with Gasteiger partial charge in [0.1, 0.15) is 11.3 Å². The first kappa shape index (κ1) is 9.21.